The largest absolute Gasteiger partial charge is 0.302 e. The maximum Gasteiger partial charge on any atom is 0.223 e. The summed E-state index contributed by atoms with van der Waals surface area (Å²) in [6.45, 7) is 8.10. The summed E-state index contributed by atoms with van der Waals surface area (Å²) in [4.78, 5) is 20.0. The minimum atomic E-state index is -0.0873. The van der Waals surface area contributed by atoms with Gasteiger partial charge in [-0.2, -0.15) is 0 Å². The van der Waals surface area contributed by atoms with E-state index in [2.05, 4.69) is 38.9 Å². The Balaban J connectivity index is 1.93. The van der Waals surface area contributed by atoms with Crippen LogP contribution in [-0.4, -0.2) is 30.2 Å². The minimum absolute atomic E-state index is 0.0873. The summed E-state index contributed by atoms with van der Waals surface area (Å²) in [5.74, 6) is 0.786. The lowest BCUT2D eigenvalue weighted by atomic mass is 9.82. The summed E-state index contributed by atoms with van der Waals surface area (Å²) in [7, 11) is 2.17. The molecule has 1 aromatic heterocycles. The number of thioether (sulfide) groups is 1. The molecule has 4 nitrogen and oxygen atoms in total. The van der Waals surface area contributed by atoms with Crippen molar-refractivity contribution in [3.63, 3.8) is 0 Å². The smallest absolute Gasteiger partial charge is 0.223 e. The number of amides is 1. The van der Waals surface area contributed by atoms with Gasteiger partial charge >= 0.3 is 0 Å². The van der Waals surface area contributed by atoms with E-state index in [0.717, 1.165) is 16.4 Å². The number of anilines is 1. The predicted octanol–water partition coefficient (Wildman–Crippen LogP) is 2.93. The molecule has 0 radical (unpaired) electrons. The number of rotatable bonds is 4. The molecule has 0 spiro atoms. The lowest BCUT2D eigenvalue weighted by Crippen LogP contribution is -2.08. The standard InChI is InChI=1S/C14H20BN3OS2/c1-8(19)17-13-16-6-11(21-13)20-7-9-5-10(15)12(18-9)14(2,3)4/h6H,5,7,15H2,1-4H3,(H,16,17,19). The summed E-state index contributed by atoms with van der Waals surface area (Å²) in [5, 5.41) is 3.36. The zero-order valence-electron chi connectivity index (χ0n) is 13.1. The molecule has 1 N–H and O–H groups in total. The van der Waals surface area contributed by atoms with Gasteiger partial charge in [-0.3, -0.25) is 9.79 Å². The molecule has 0 unspecified atom stereocenters. The highest BCUT2D eigenvalue weighted by Gasteiger charge is 2.24. The Labute approximate surface area is 134 Å². The Morgan fingerprint density at radius 2 is 2.24 bits per heavy atom. The molecular weight excluding hydrogens is 301 g/mol. The van der Waals surface area contributed by atoms with Gasteiger partial charge < -0.3 is 5.32 Å². The number of nitrogens with one attached hydrogen (secondary N) is 1. The quantitative estimate of drug-likeness (QED) is 0.685. The van der Waals surface area contributed by atoms with Gasteiger partial charge in [-0.15, -0.1) is 11.8 Å². The molecule has 2 heterocycles. The second-order valence-electron chi connectivity index (χ2n) is 6.19. The van der Waals surface area contributed by atoms with Gasteiger partial charge in [0.25, 0.3) is 0 Å². The molecule has 0 bridgehead atoms. The van der Waals surface area contributed by atoms with Crippen LogP contribution in [0.1, 0.15) is 34.1 Å². The lowest BCUT2D eigenvalue weighted by molar-refractivity contribution is -0.114. The molecule has 0 saturated heterocycles. The minimum Gasteiger partial charge on any atom is -0.302 e. The van der Waals surface area contributed by atoms with Gasteiger partial charge in [0, 0.05) is 35.9 Å². The van der Waals surface area contributed by atoms with E-state index in [1.54, 1.807) is 18.0 Å². The number of carbonyl (C=O) groups is 1. The Kier molecular flexibility index (Phi) is 4.93. The number of hydrogen-bond acceptors (Lipinski definition) is 5. The van der Waals surface area contributed by atoms with Gasteiger partial charge in [-0.25, -0.2) is 4.98 Å². The molecule has 21 heavy (non-hydrogen) atoms. The second kappa shape index (κ2) is 6.36. The van der Waals surface area contributed by atoms with Crippen LogP contribution < -0.4 is 5.32 Å². The highest BCUT2D eigenvalue weighted by atomic mass is 32.2. The van der Waals surface area contributed by atoms with E-state index in [1.165, 1.54) is 35.1 Å². The van der Waals surface area contributed by atoms with Crippen molar-refractivity contribution in [1.82, 2.24) is 4.98 Å². The van der Waals surface area contributed by atoms with Gasteiger partial charge in [0.1, 0.15) is 7.85 Å². The molecule has 1 aliphatic rings. The maximum atomic E-state index is 11.0. The normalized spacial score (nSPS) is 15.3. The van der Waals surface area contributed by atoms with E-state index in [1.807, 2.05) is 0 Å². The number of nitrogens with zero attached hydrogens (tertiary/aromatic N) is 2. The van der Waals surface area contributed by atoms with Crippen LogP contribution >= 0.6 is 23.1 Å². The van der Waals surface area contributed by atoms with Crippen molar-refractivity contribution in [2.75, 3.05) is 11.1 Å². The fourth-order valence-corrected chi connectivity index (χ4v) is 4.11. The third kappa shape index (κ3) is 4.44. The molecule has 112 valence electrons. The lowest BCUT2D eigenvalue weighted by Gasteiger charge is -2.19. The van der Waals surface area contributed by atoms with E-state index in [0.29, 0.717) is 5.13 Å². The topological polar surface area (TPSA) is 54.4 Å². The van der Waals surface area contributed by atoms with Crippen LogP contribution in [0.2, 0.25) is 0 Å². The molecule has 0 fully saturated rings. The van der Waals surface area contributed by atoms with Crippen LogP contribution in [0.5, 0.6) is 0 Å². The Hall–Kier alpha value is -1.08. The molecule has 0 atom stereocenters. The molecule has 0 saturated carbocycles. The highest BCUT2D eigenvalue weighted by molar-refractivity contribution is 8.01. The van der Waals surface area contributed by atoms with Crippen LogP contribution in [0, 0.1) is 5.41 Å². The molecule has 0 aliphatic carbocycles. The average molecular weight is 321 g/mol. The number of allylic oxidation sites excluding steroid dienone is 2. The van der Waals surface area contributed by atoms with Crippen molar-refractivity contribution >= 4 is 47.7 Å². The molecule has 1 aromatic rings. The zero-order chi connectivity index (χ0) is 15.6. The Bertz CT molecular complexity index is 614. The molecular formula is C14H20BN3OS2. The van der Waals surface area contributed by atoms with E-state index in [9.17, 15) is 4.79 Å². The van der Waals surface area contributed by atoms with Crippen LogP contribution in [0.25, 0.3) is 0 Å². The first kappa shape index (κ1) is 16.3. The maximum absolute atomic E-state index is 11.0. The summed E-state index contributed by atoms with van der Waals surface area (Å²) in [6.07, 6.45) is 2.78. The molecule has 2 rings (SSSR count). The van der Waals surface area contributed by atoms with Crippen molar-refractivity contribution in [3.8, 4) is 0 Å². The SMILES string of the molecule is BC1=C(C(C)(C)C)N=C(CSc2cnc(NC(C)=O)s2)C1. The van der Waals surface area contributed by atoms with Gasteiger partial charge in [0.05, 0.1) is 10.4 Å². The summed E-state index contributed by atoms with van der Waals surface area (Å²) in [5.41, 5.74) is 3.93. The fourth-order valence-electron chi connectivity index (χ4n) is 2.26. The van der Waals surface area contributed by atoms with E-state index >= 15 is 0 Å². The second-order valence-corrected chi connectivity index (χ2v) is 8.49. The van der Waals surface area contributed by atoms with Crippen molar-refractivity contribution < 1.29 is 4.79 Å². The summed E-state index contributed by atoms with van der Waals surface area (Å²) >= 11 is 3.23. The molecule has 1 aliphatic heterocycles. The van der Waals surface area contributed by atoms with E-state index < -0.39 is 0 Å². The van der Waals surface area contributed by atoms with Crippen LogP contribution in [0.15, 0.2) is 26.6 Å². The highest BCUT2D eigenvalue weighted by Crippen LogP contribution is 2.35. The van der Waals surface area contributed by atoms with E-state index in [-0.39, 0.29) is 11.3 Å². The first-order chi connectivity index (χ1) is 9.75. The van der Waals surface area contributed by atoms with Gasteiger partial charge in [-0.1, -0.05) is 37.6 Å². The third-order valence-corrected chi connectivity index (χ3v) is 5.18. The molecule has 7 heteroatoms. The van der Waals surface area contributed by atoms with Crippen molar-refractivity contribution in [2.24, 2.45) is 10.4 Å². The number of thiazole rings is 1. The zero-order valence-corrected chi connectivity index (χ0v) is 14.7. The van der Waals surface area contributed by atoms with Crippen molar-refractivity contribution in [1.29, 1.82) is 0 Å². The fraction of sp³-hybridized carbons (Fsp3) is 0.500. The van der Waals surface area contributed by atoms with Crippen LogP contribution in [0.3, 0.4) is 0 Å². The first-order valence-corrected chi connectivity index (χ1v) is 8.69. The molecule has 1 amide bonds. The monoisotopic (exact) mass is 321 g/mol. The van der Waals surface area contributed by atoms with Crippen LogP contribution in [-0.2, 0) is 4.79 Å². The number of aliphatic imine (C=N–C) groups is 1. The predicted molar refractivity (Wildman–Crippen MR) is 94.2 cm³/mol. The van der Waals surface area contributed by atoms with Crippen LogP contribution in [0.4, 0.5) is 5.13 Å². The van der Waals surface area contributed by atoms with Gasteiger partial charge in [0.15, 0.2) is 5.13 Å². The Morgan fingerprint density at radius 3 is 2.81 bits per heavy atom. The number of carbonyl (C=O) groups excluding carboxylic acids is 1. The number of aromatic nitrogens is 1. The van der Waals surface area contributed by atoms with Crippen molar-refractivity contribution in [2.45, 2.75) is 38.3 Å². The van der Waals surface area contributed by atoms with E-state index in [4.69, 9.17) is 4.99 Å². The van der Waals surface area contributed by atoms with Crippen molar-refractivity contribution in [3.05, 3.63) is 17.4 Å². The van der Waals surface area contributed by atoms with Gasteiger partial charge in [-0.05, 0) is 0 Å². The first-order valence-electron chi connectivity index (χ1n) is 6.88. The van der Waals surface area contributed by atoms with Gasteiger partial charge in [0.2, 0.25) is 5.91 Å². The summed E-state index contributed by atoms with van der Waals surface area (Å²) < 4.78 is 1.10. The average Bonchev–Trinajstić information content (AvgIpc) is 2.91. The third-order valence-electron chi connectivity index (χ3n) is 3.00. The molecule has 0 aromatic carbocycles. The Morgan fingerprint density at radius 1 is 1.52 bits per heavy atom. The number of hydrogen-bond donors (Lipinski definition) is 1. The summed E-state index contributed by atoms with van der Waals surface area (Å²) in [6, 6.07) is 0.